The Morgan fingerprint density at radius 2 is 1.94 bits per heavy atom. The van der Waals surface area contributed by atoms with Gasteiger partial charge in [0, 0.05) is 6.54 Å². The molecule has 1 aromatic carbocycles. The van der Waals surface area contributed by atoms with Gasteiger partial charge in [-0.15, -0.1) is 0 Å². The van der Waals surface area contributed by atoms with E-state index in [1.165, 1.54) is 4.90 Å². The van der Waals surface area contributed by atoms with E-state index >= 15 is 0 Å². The molecule has 1 amide bonds. The minimum atomic E-state index is -1.24. The normalized spacial score (nSPS) is 16.0. The van der Waals surface area contributed by atoms with Gasteiger partial charge in [0.25, 0.3) is 0 Å². The smallest absolute Gasteiger partial charge is 0.335 e. The zero-order valence-corrected chi connectivity index (χ0v) is 9.67. The lowest BCUT2D eigenvalue weighted by atomic mass is 10.1. The number of hydrogen-bond donors (Lipinski definition) is 2. The molecule has 0 unspecified atom stereocenters. The van der Waals surface area contributed by atoms with Crippen LogP contribution in [0.2, 0.25) is 0 Å². The summed E-state index contributed by atoms with van der Waals surface area (Å²) in [6, 6.07) is 9.35. The molecule has 0 fully saturated rings. The Balaban J connectivity index is 2.14. The second-order valence-corrected chi connectivity index (χ2v) is 4.14. The van der Waals surface area contributed by atoms with Crippen LogP contribution >= 0.6 is 0 Å². The van der Waals surface area contributed by atoms with E-state index in [0.29, 0.717) is 6.54 Å². The number of carboxylic acid groups (broad SMARTS) is 1. The molecule has 18 heavy (non-hydrogen) atoms. The van der Waals surface area contributed by atoms with Gasteiger partial charge in [0.15, 0.2) is 0 Å². The second-order valence-electron chi connectivity index (χ2n) is 4.14. The van der Waals surface area contributed by atoms with Crippen LogP contribution in [0.1, 0.15) is 12.0 Å². The van der Waals surface area contributed by atoms with Crippen molar-refractivity contribution in [2.24, 2.45) is 0 Å². The van der Waals surface area contributed by atoms with E-state index in [9.17, 15) is 14.7 Å². The van der Waals surface area contributed by atoms with E-state index < -0.39 is 5.97 Å². The number of benzene rings is 1. The molecule has 2 N–H and O–H groups in total. The Morgan fingerprint density at radius 1 is 1.28 bits per heavy atom. The van der Waals surface area contributed by atoms with Gasteiger partial charge < -0.3 is 15.1 Å². The predicted molar refractivity (Wildman–Crippen MR) is 63.8 cm³/mol. The van der Waals surface area contributed by atoms with Crippen molar-refractivity contribution >= 4 is 11.9 Å². The fourth-order valence-electron chi connectivity index (χ4n) is 1.88. The van der Waals surface area contributed by atoms with Crippen LogP contribution in [0.15, 0.2) is 41.7 Å². The number of aliphatic carboxylic acids is 1. The zero-order valence-electron chi connectivity index (χ0n) is 9.67. The molecule has 0 saturated heterocycles. The standard InChI is InChI=1S/C13H13NO4/c15-11-8-14(7-9-4-2-1-3-5-9)12(16)6-10(11)13(17)18/h1-5,15H,6-8H2,(H,17,18). The van der Waals surface area contributed by atoms with Gasteiger partial charge in [0.1, 0.15) is 5.76 Å². The van der Waals surface area contributed by atoms with Gasteiger partial charge in [-0.3, -0.25) is 4.79 Å². The number of rotatable bonds is 3. The number of aliphatic hydroxyl groups is 1. The van der Waals surface area contributed by atoms with Gasteiger partial charge in [0.2, 0.25) is 5.91 Å². The van der Waals surface area contributed by atoms with Crippen molar-refractivity contribution in [1.29, 1.82) is 0 Å². The Labute approximate surface area is 104 Å². The molecule has 94 valence electrons. The maximum atomic E-state index is 11.8. The molecule has 1 heterocycles. The van der Waals surface area contributed by atoms with Crippen molar-refractivity contribution in [1.82, 2.24) is 4.90 Å². The van der Waals surface area contributed by atoms with E-state index in [1.807, 2.05) is 30.3 Å². The molecular formula is C13H13NO4. The predicted octanol–water partition coefficient (Wildman–Crippen LogP) is 1.32. The van der Waals surface area contributed by atoms with E-state index in [1.54, 1.807) is 0 Å². The van der Waals surface area contributed by atoms with Crippen molar-refractivity contribution in [3.8, 4) is 0 Å². The lowest BCUT2D eigenvalue weighted by molar-refractivity contribution is -0.138. The zero-order chi connectivity index (χ0) is 13.1. The highest BCUT2D eigenvalue weighted by Crippen LogP contribution is 2.19. The van der Waals surface area contributed by atoms with Crippen LogP contribution in [0.25, 0.3) is 0 Å². The van der Waals surface area contributed by atoms with Crippen LogP contribution < -0.4 is 0 Å². The summed E-state index contributed by atoms with van der Waals surface area (Å²) in [5.74, 6) is -1.76. The number of amides is 1. The number of carbonyl (C=O) groups excluding carboxylic acids is 1. The first-order valence-corrected chi connectivity index (χ1v) is 5.54. The summed E-state index contributed by atoms with van der Waals surface area (Å²) in [5, 5.41) is 18.4. The summed E-state index contributed by atoms with van der Waals surface area (Å²) >= 11 is 0. The van der Waals surface area contributed by atoms with Crippen LogP contribution in [0.4, 0.5) is 0 Å². The largest absolute Gasteiger partial charge is 0.510 e. The third-order valence-electron chi connectivity index (χ3n) is 2.84. The summed E-state index contributed by atoms with van der Waals surface area (Å²) in [6.07, 6.45) is -0.256. The number of aliphatic hydroxyl groups excluding tert-OH is 1. The molecule has 0 aromatic heterocycles. The molecule has 0 radical (unpaired) electrons. The SMILES string of the molecule is O=C(O)C1=C(O)CN(Cc2ccccc2)C(=O)C1. The highest BCUT2D eigenvalue weighted by Gasteiger charge is 2.28. The quantitative estimate of drug-likeness (QED) is 0.844. The van der Waals surface area contributed by atoms with Gasteiger partial charge in [-0.1, -0.05) is 30.3 Å². The van der Waals surface area contributed by atoms with E-state index in [2.05, 4.69) is 0 Å². The first-order valence-electron chi connectivity index (χ1n) is 5.54. The average Bonchev–Trinajstić information content (AvgIpc) is 2.34. The molecule has 1 aliphatic heterocycles. The number of carboxylic acids is 1. The van der Waals surface area contributed by atoms with Crippen LogP contribution in [-0.4, -0.2) is 33.5 Å². The van der Waals surface area contributed by atoms with Gasteiger partial charge >= 0.3 is 5.97 Å². The van der Waals surface area contributed by atoms with Crippen molar-refractivity contribution in [3.63, 3.8) is 0 Å². The molecule has 0 spiro atoms. The lowest BCUT2D eigenvalue weighted by Crippen LogP contribution is -2.37. The fraction of sp³-hybridized carbons (Fsp3) is 0.231. The summed E-state index contributed by atoms with van der Waals surface area (Å²) < 4.78 is 0. The molecule has 1 aromatic rings. The van der Waals surface area contributed by atoms with Gasteiger partial charge in [-0.2, -0.15) is 0 Å². The van der Waals surface area contributed by atoms with E-state index in [0.717, 1.165) is 5.56 Å². The highest BCUT2D eigenvalue weighted by atomic mass is 16.4. The molecule has 2 rings (SSSR count). The Hall–Kier alpha value is -2.30. The van der Waals surface area contributed by atoms with Gasteiger partial charge in [-0.05, 0) is 5.56 Å². The first kappa shape index (κ1) is 12.2. The molecule has 0 bridgehead atoms. The van der Waals surface area contributed by atoms with Crippen LogP contribution in [0.3, 0.4) is 0 Å². The summed E-state index contributed by atoms with van der Waals surface area (Å²) in [6.45, 7) is 0.325. The minimum Gasteiger partial charge on any atom is -0.510 e. The summed E-state index contributed by atoms with van der Waals surface area (Å²) in [7, 11) is 0. The third-order valence-corrected chi connectivity index (χ3v) is 2.84. The first-order chi connectivity index (χ1) is 8.58. The number of nitrogens with zero attached hydrogens (tertiary/aromatic N) is 1. The number of carbonyl (C=O) groups is 2. The molecular weight excluding hydrogens is 234 g/mol. The summed E-state index contributed by atoms with van der Waals surface area (Å²) in [4.78, 5) is 24.0. The Bertz CT molecular complexity index is 507. The van der Waals surface area contributed by atoms with Gasteiger partial charge in [-0.25, -0.2) is 4.79 Å². The van der Waals surface area contributed by atoms with Crippen LogP contribution in [0, 0.1) is 0 Å². The minimum absolute atomic E-state index is 0.0463. The van der Waals surface area contributed by atoms with Crippen molar-refractivity contribution in [3.05, 3.63) is 47.2 Å². The van der Waals surface area contributed by atoms with Crippen molar-refractivity contribution in [2.45, 2.75) is 13.0 Å². The summed E-state index contributed by atoms with van der Waals surface area (Å²) in [5.41, 5.74) is 0.738. The van der Waals surface area contributed by atoms with Crippen molar-refractivity contribution in [2.75, 3.05) is 6.54 Å². The monoisotopic (exact) mass is 247 g/mol. The molecule has 5 nitrogen and oxygen atoms in total. The number of hydrogen-bond acceptors (Lipinski definition) is 3. The average molecular weight is 247 g/mol. The topological polar surface area (TPSA) is 77.8 Å². The molecule has 0 saturated carbocycles. The van der Waals surface area contributed by atoms with Gasteiger partial charge in [0.05, 0.1) is 18.5 Å². The Kier molecular flexibility index (Phi) is 3.32. The third kappa shape index (κ3) is 2.51. The van der Waals surface area contributed by atoms with E-state index in [-0.39, 0.29) is 30.2 Å². The molecule has 1 aliphatic rings. The molecule has 0 atom stereocenters. The highest BCUT2D eigenvalue weighted by molar-refractivity contribution is 5.96. The fourth-order valence-corrected chi connectivity index (χ4v) is 1.88. The lowest BCUT2D eigenvalue weighted by Gasteiger charge is -2.27. The van der Waals surface area contributed by atoms with Crippen molar-refractivity contribution < 1.29 is 19.8 Å². The maximum Gasteiger partial charge on any atom is 0.335 e. The maximum absolute atomic E-state index is 11.8. The van der Waals surface area contributed by atoms with E-state index in [4.69, 9.17) is 5.11 Å². The van der Waals surface area contributed by atoms with Crippen LogP contribution in [0.5, 0.6) is 0 Å². The molecule has 0 aliphatic carbocycles. The van der Waals surface area contributed by atoms with Crippen LogP contribution in [-0.2, 0) is 16.1 Å². The second kappa shape index (κ2) is 4.91. The molecule has 5 heteroatoms. The Morgan fingerprint density at radius 3 is 2.56 bits per heavy atom.